The van der Waals surface area contributed by atoms with Crippen molar-refractivity contribution in [2.75, 3.05) is 56.3 Å². The molecule has 3 aliphatic rings. The lowest BCUT2D eigenvalue weighted by molar-refractivity contribution is -0.438. The van der Waals surface area contributed by atoms with E-state index >= 15 is 0 Å². The van der Waals surface area contributed by atoms with Crippen molar-refractivity contribution >= 4 is 75.3 Å². The predicted molar refractivity (Wildman–Crippen MR) is 242 cm³/mol. The average Bonchev–Trinajstić information content (AvgIpc) is 3.74. The highest BCUT2D eigenvalue weighted by molar-refractivity contribution is 7.86. The van der Waals surface area contributed by atoms with E-state index in [0.717, 1.165) is 17.1 Å². The first-order valence-corrected chi connectivity index (χ1v) is 27.0. The van der Waals surface area contributed by atoms with Crippen molar-refractivity contribution in [1.29, 1.82) is 0 Å². The Labute approximate surface area is 385 Å². The normalized spacial score (nSPS) is 20.6. The van der Waals surface area contributed by atoms with Crippen molar-refractivity contribution in [2.45, 2.75) is 85.8 Å². The molecule has 3 heterocycles. The van der Waals surface area contributed by atoms with Gasteiger partial charge in [-0.25, -0.2) is 0 Å². The number of anilines is 1. The Kier molecular flexibility index (Phi) is 16.4. The van der Waals surface area contributed by atoms with Crippen molar-refractivity contribution in [1.82, 2.24) is 10.2 Å². The fourth-order valence-corrected chi connectivity index (χ4v) is 10.8. The van der Waals surface area contributed by atoms with E-state index in [-0.39, 0.29) is 64.3 Å². The number of rotatable bonds is 24. The lowest BCUT2D eigenvalue weighted by Gasteiger charge is -2.30. The summed E-state index contributed by atoms with van der Waals surface area (Å²) >= 11 is 0. The van der Waals surface area contributed by atoms with Crippen LogP contribution in [-0.4, -0.2) is 136 Å². The summed E-state index contributed by atoms with van der Waals surface area (Å²) in [6, 6.07) is 8.14. The highest BCUT2D eigenvalue weighted by Crippen LogP contribution is 2.51. The van der Waals surface area contributed by atoms with Gasteiger partial charge in [0.15, 0.2) is 5.71 Å². The van der Waals surface area contributed by atoms with Gasteiger partial charge in [0.05, 0.1) is 33.3 Å². The van der Waals surface area contributed by atoms with Crippen LogP contribution < -0.4 is 10.2 Å². The molecule has 0 saturated heterocycles. The molecule has 0 aliphatic carbocycles. The number of benzene rings is 2. The number of hydrogen-bond donors (Lipinski definition) is 5. The zero-order valence-corrected chi connectivity index (χ0v) is 39.9. The SMILES string of the molecule is COCCN1/C(=C/C=C/C2=[N+](CCCCCC(=O)NCCN3C(=O)C=CC3=O)c3ccc(S(=O)(=O)O)cc3C2(C)CCCS(=O)(=O)O)C(C)(CCCS(=O)(=O)O)c2cc(S(=O)(=O)O)ccc21. The molecule has 3 aliphatic heterocycles. The van der Waals surface area contributed by atoms with Gasteiger partial charge in [0.1, 0.15) is 6.54 Å². The van der Waals surface area contributed by atoms with Crippen LogP contribution in [0.4, 0.5) is 11.4 Å². The van der Waals surface area contributed by atoms with Crippen LogP contribution in [0, 0.1) is 0 Å². The molecule has 2 aromatic carbocycles. The Balaban J connectivity index is 1.54. The second-order valence-corrected chi connectivity index (χ2v) is 22.7. The van der Waals surface area contributed by atoms with E-state index in [9.17, 15) is 66.3 Å². The van der Waals surface area contributed by atoms with Gasteiger partial charge in [-0.1, -0.05) is 6.08 Å². The minimum atomic E-state index is -4.70. The van der Waals surface area contributed by atoms with Crippen LogP contribution in [0.25, 0.3) is 0 Å². The third-order valence-corrected chi connectivity index (χ3v) is 15.4. The molecule has 2 unspecified atom stereocenters. The van der Waals surface area contributed by atoms with Crippen LogP contribution in [0.1, 0.15) is 76.3 Å². The molecule has 0 radical (unpaired) electrons. The minimum absolute atomic E-state index is 0.0241. The van der Waals surface area contributed by atoms with Crippen molar-refractivity contribution < 1.29 is 75.6 Å². The smallest absolute Gasteiger partial charge is 0.294 e. The first-order chi connectivity index (χ1) is 30.7. The van der Waals surface area contributed by atoms with Crippen molar-refractivity contribution in [2.24, 2.45) is 0 Å². The largest absolute Gasteiger partial charge is 0.383 e. The number of hydrogen-bond acceptors (Lipinski definition) is 13. The topological polar surface area (TPSA) is 299 Å². The zero-order valence-electron chi connectivity index (χ0n) is 36.6. The molecule has 0 aromatic heterocycles. The maximum atomic E-state index is 12.6. The average molecular weight is 1000 g/mol. The summed E-state index contributed by atoms with van der Waals surface area (Å²) in [4.78, 5) is 38.3. The monoisotopic (exact) mass is 999 g/mol. The molecule has 0 saturated carbocycles. The van der Waals surface area contributed by atoms with Crippen molar-refractivity contribution in [3.8, 4) is 0 Å². The summed E-state index contributed by atoms with van der Waals surface area (Å²) in [5.41, 5.74) is 0.854. The molecule has 0 fully saturated rings. The van der Waals surface area contributed by atoms with Crippen LogP contribution in [0.15, 0.2) is 82.3 Å². The van der Waals surface area contributed by atoms with Gasteiger partial charge in [0, 0.05) is 86.2 Å². The van der Waals surface area contributed by atoms with E-state index in [4.69, 9.17) is 4.74 Å². The molecule has 24 heteroatoms. The minimum Gasteiger partial charge on any atom is -0.383 e. The summed E-state index contributed by atoms with van der Waals surface area (Å²) in [7, 11) is -16.7. The molecule has 362 valence electrons. The highest BCUT2D eigenvalue weighted by Gasteiger charge is 2.48. The van der Waals surface area contributed by atoms with E-state index in [1.165, 1.54) is 43.5 Å². The van der Waals surface area contributed by atoms with Gasteiger partial charge in [-0.2, -0.15) is 38.2 Å². The van der Waals surface area contributed by atoms with Crippen LogP contribution in [-0.2, 0) is 70.4 Å². The lowest BCUT2D eigenvalue weighted by atomic mass is 9.75. The quantitative estimate of drug-likeness (QED) is 0.0436. The molecule has 2 aromatic rings. The molecule has 20 nitrogen and oxygen atoms in total. The molecule has 5 rings (SSSR count). The number of unbranched alkanes of at least 4 members (excludes halogenated alkanes) is 2. The van der Waals surface area contributed by atoms with Crippen molar-refractivity contribution in [3.63, 3.8) is 0 Å². The molecular weight excluding hydrogens is 945 g/mol. The van der Waals surface area contributed by atoms with Gasteiger partial charge in [0.2, 0.25) is 11.6 Å². The van der Waals surface area contributed by atoms with Crippen molar-refractivity contribution in [3.05, 3.63) is 83.6 Å². The number of allylic oxidation sites excluding steroid dienone is 4. The number of amides is 3. The number of carbonyl (C=O) groups is 3. The number of imide groups is 1. The third kappa shape index (κ3) is 12.7. The van der Waals surface area contributed by atoms with Crippen LogP contribution in [0.2, 0.25) is 0 Å². The summed E-state index contributed by atoms with van der Waals surface area (Å²) in [5, 5.41) is 2.70. The number of ether oxygens (including phenoxy) is 1. The number of nitrogens with one attached hydrogen (secondary N) is 1. The maximum Gasteiger partial charge on any atom is 0.294 e. The zero-order chi connectivity index (χ0) is 48.9. The van der Waals surface area contributed by atoms with Crippen LogP contribution in [0.3, 0.4) is 0 Å². The van der Waals surface area contributed by atoms with Gasteiger partial charge < -0.3 is 15.0 Å². The first-order valence-electron chi connectivity index (χ1n) is 20.9. The maximum absolute atomic E-state index is 12.6. The standard InChI is InChI=1S/C42H54N4O16S4/c1-41(19-8-26-63(50,51)52)32-28-30(65(56,57)58)13-15-34(32)44(22-6-4-5-12-38(47)43-21-23-46-39(48)17-18-40(46)49)36(41)10-7-11-37-42(2,20-9-27-64(53,54)55)33-29-31(66(59,60)61)14-16-35(33)45(37)24-25-62-3/h7,10-11,13-18,28-29H,4-6,8-9,12,19-27H2,1-3H3,(H4-,43,47,50,51,52,53,54,55,56,57,58,59,60,61)/p+1. The summed E-state index contributed by atoms with van der Waals surface area (Å²) < 4.78 is 144. The Bertz CT molecular complexity index is 2800. The Morgan fingerprint density at radius 2 is 1.32 bits per heavy atom. The molecule has 3 amide bonds. The van der Waals surface area contributed by atoms with Crippen LogP contribution in [0.5, 0.6) is 0 Å². The number of nitrogens with zero attached hydrogens (tertiary/aromatic N) is 3. The molecule has 2 atom stereocenters. The Morgan fingerprint density at radius 3 is 1.89 bits per heavy atom. The summed E-state index contributed by atoms with van der Waals surface area (Å²) in [6.07, 6.45) is 9.15. The van der Waals surface area contributed by atoms with E-state index in [1.54, 1.807) is 32.1 Å². The molecule has 5 N–H and O–H groups in total. The predicted octanol–water partition coefficient (Wildman–Crippen LogP) is 3.34. The number of fused-ring (bicyclic) bond motifs is 2. The van der Waals surface area contributed by atoms with Gasteiger partial charge in [-0.3, -0.25) is 37.5 Å². The number of methoxy groups -OCH3 is 1. The van der Waals surface area contributed by atoms with E-state index in [2.05, 4.69) is 5.32 Å². The van der Waals surface area contributed by atoms with Gasteiger partial charge in [-0.15, -0.1) is 0 Å². The first kappa shape index (κ1) is 52.3. The van der Waals surface area contributed by atoms with Crippen LogP contribution >= 0.6 is 0 Å². The van der Waals surface area contributed by atoms with Gasteiger partial charge >= 0.3 is 0 Å². The fraction of sp³-hybridized carbons (Fsp3) is 0.476. The third-order valence-electron chi connectivity index (χ3n) is 12.0. The van der Waals surface area contributed by atoms with Gasteiger partial charge in [-0.05, 0) is 94.3 Å². The van der Waals surface area contributed by atoms with Gasteiger partial charge in [0.25, 0.3) is 52.3 Å². The van der Waals surface area contributed by atoms with E-state index in [0.29, 0.717) is 59.7 Å². The summed E-state index contributed by atoms with van der Waals surface area (Å²) in [5.74, 6) is -2.40. The van der Waals surface area contributed by atoms with E-state index in [1.807, 2.05) is 9.48 Å². The molecular formula is C42H55N4O16S4+. The Morgan fingerprint density at radius 1 is 0.742 bits per heavy atom. The number of carbonyl (C=O) groups excluding carboxylic acids is 3. The lowest BCUT2D eigenvalue weighted by Crippen LogP contribution is -2.38. The van der Waals surface area contributed by atoms with E-state index < -0.39 is 84.4 Å². The molecule has 0 spiro atoms. The molecule has 66 heavy (non-hydrogen) atoms. The Hall–Kier alpha value is -4.66. The molecule has 0 bridgehead atoms. The second-order valence-electron chi connectivity index (χ2n) is 16.7. The second kappa shape index (κ2) is 20.7. The summed E-state index contributed by atoms with van der Waals surface area (Å²) in [6.45, 7) is 4.40. The highest BCUT2D eigenvalue weighted by atomic mass is 32.2. The fourth-order valence-electron chi connectivity index (χ4n) is 8.80.